The molecule has 1 aromatic heterocycles. The number of halogens is 1. The minimum atomic E-state index is 0.319. The Morgan fingerprint density at radius 2 is 2.12 bits per heavy atom. The Balaban J connectivity index is 2.31. The standard InChI is InChI=1S/C14H16BrNO/c1-10-7-11-5-3-4-6-13(11)16-14(10)8-12(15)9-17-2/h3-7,12H,8-9H2,1-2H3. The molecular formula is C14H16BrNO. The van der Waals surface area contributed by atoms with E-state index in [2.05, 4.69) is 41.1 Å². The predicted octanol–water partition coefficient (Wildman–Crippen LogP) is 3.50. The van der Waals surface area contributed by atoms with Gasteiger partial charge in [-0.05, 0) is 24.6 Å². The molecule has 0 amide bonds. The highest BCUT2D eigenvalue weighted by Gasteiger charge is 2.09. The largest absolute Gasteiger partial charge is 0.384 e. The van der Waals surface area contributed by atoms with Crippen molar-refractivity contribution in [3.63, 3.8) is 0 Å². The molecule has 1 heterocycles. The van der Waals surface area contributed by atoms with Crippen LogP contribution < -0.4 is 0 Å². The number of para-hydroxylation sites is 1. The van der Waals surface area contributed by atoms with Gasteiger partial charge in [-0.25, -0.2) is 0 Å². The fourth-order valence-electron chi connectivity index (χ4n) is 1.92. The van der Waals surface area contributed by atoms with Gasteiger partial charge in [0.15, 0.2) is 0 Å². The summed E-state index contributed by atoms with van der Waals surface area (Å²) < 4.78 is 5.13. The molecule has 1 aromatic carbocycles. The van der Waals surface area contributed by atoms with E-state index in [-0.39, 0.29) is 0 Å². The average molecular weight is 294 g/mol. The van der Waals surface area contributed by atoms with Gasteiger partial charge >= 0.3 is 0 Å². The van der Waals surface area contributed by atoms with Crippen molar-refractivity contribution in [1.82, 2.24) is 4.98 Å². The van der Waals surface area contributed by atoms with E-state index in [1.54, 1.807) is 7.11 Å². The van der Waals surface area contributed by atoms with Gasteiger partial charge in [0.05, 0.1) is 12.1 Å². The molecule has 0 aliphatic heterocycles. The lowest BCUT2D eigenvalue weighted by molar-refractivity contribution is 0.200. The number of aromatic nitrogens is 1. The number of nitrogens with zero attached hydrogens (tertiary/aromatic N) is 1. The highest BCUT2D eigenvalue weighted by atomic mass is 79.9. The molecule has 1 atom stereocenters. The zero-order chi connectivity index (χ0) is 12.3. The third kappa shape index (κ3) is 3.05. The number of fused-ring (bicyclic) bond motifs is 1. The maximum Gasteiger partial charge on any atom is 0.0705 e. The molecule has 1 unspecified atom stereocenters. The lowest BCUT2D eigenvalue weighted by atomic mass is 10.1. The monoisotopic (exact) mass is 293 g/mol. The fourth-order valence-corrected chi connectivity index (χ4v) is 2.49. The highest BCUT2D eigenvalue weighted by Crippen LogP contribution is 2.18. The Kier molecular flexibility index (Phi) is 4.13. The van der Waals surface area contributed by atoms with Crippen LogP contribution in [-0.2, 0) is 11.2 Å². The van der Waals surface area contributed by atoms with Crippen molar-refractivity contribution in [3.8, 4) is 0 Å². The number of ether oxygens (including phenoxy) is 1. The van der Waals surface area contributed by atoms with Crippen molar-refractivity contribution >= 4 is 26.8 Å². The quantitative estimate of drug-likeness (QED) is 0.805. The maximum atomic E-state index is 5.13. The molecule has 0 bridgehead atoms. The molecule has 2 nitrogen and oxygen atoms in total. The Morgan fingerprint density at radius 1 is 1.35 bits per heavy atom. The van der Waals surface area contributed by atoms with E-state index in [1.165, 1.54) is 10.9 Å². The number of methoxy groups -OCH3 is 1. The number of rotatable bonds is 4. The highest BCUT2D eigenvalue weighted by molar-refractivity contribution is 9.09. The van der Waals surface area contributed by atoms with Crippen LogP contribution in [0.25, 0.3) is 10.9 Å². The fraction of sp³-hybridized carbons (Fsp3) is 0.357. The molecule has 0 N–H and O–H groups in total. The van der Waals surface area contributed by atoms with Gasteiger partial charge in [-0.15, -0.1) is 0 Å². The molecule has 2 rings (SSSR count). The van der Waals surface area contributed by atoms with Crippen LogP contribution >= 0.6 is 15.9 Å². The van der Waals surface area contributed by atoms with Crippen LogP contribution in [0.5, 0.6) is 0 Å². The van der Waals surface area contributed by atoms with E-state index in [0.29, 0.717) is 11.4 Å². The Bertz CT molecular complexity index is 513. The third-order valence-corrected chi connectivity index (χ3v) is 3.37. The van der Waals surface area contributed by atoms with Gasteiger partial charge in [-0.1, -0.05) is 34.1 Å². The normalized spacial score (nSPS) is 12.9. The number of alkyl halides is 1. The first-order valence-corrected chi connectivity index (χ1v) is 6.60. The van der Waals surface area contributed by atoms with Gasteiger partial charge in [-0.3, -0.25) is 4.98 Å². The van der Waals surface area contributed by atoms with Gasteiger partial charge in [-0.2, -0.15) is 0 Å². The summed E-state index contributed by atoms with van der Waals surface area (Å²) in [6.07, 6.45) is 0.893. The summed E-state index contributed by atoms with van der Waals surface area (Å²) in [5.41, 5.74) is 3.44. The van der Waals surface area contributed by atoms with Crippen LogP contribution in [-0.4, -0.2) is 23.5 Å². The van der Waals surface area contributed by atoms with Crippen molar-refractivity contribution < 1.29 is 4.74 Å². The van der Waals surface area contributed by atoms with Crippen LogP contribution in [0.2, 0.25) is 0 Å². The summed E-state index contributed by atoms with van der Waals surface area (Å²) in [6, 6.07) is 10.4. The summed E-state index contributed by atoms with van der Waals surface area (Å²) >= 11 is 3.61. The van der Waals surface area contributed by atoms with Crippen LogP contribution in [0.4, 0.5) is 0 Å². The Labute approximate surface area is 110 Å². The summed E-state index contributed by atoms with van der Waals surface area (Å²) in [5.74, 6) is 0. The number of aryl methyl sites for hydroxylation is 1. The Hall–Kier alpha value is -0.930. The summed E-state index contributed by atoms with van der Waals surface area (Å²) in [4.78, 5) is 5.03. The minimum absolute atomic E-state index is 0.319. The van der Waals surface area contributed by atoms with Gasteiger partial charge in [0, 0.05) is 29.4 Å². The van der Waals surface area contributed by atoms with Crippen LogP contribution in [0, 0.1) is 6.92 Å². The summed E-state index contributed by atoms with van der Waals surface area (Å²) in [5, 5.41) is 1.20. The van der Waals surface area contributed by atoms with Crippen molar-refractivity contribution in [2.75, 3.05) is 13.7 Å². The Morgan fingerprint density at radius 3 is 2.88 bits per heavy atom. The number of hydrogen-bond acceptors (Lipinski definition) is 2. The van der Waals surface area contributed by atoms with E-state index < -0.39 is 0 Å². The molecule has 0 saturated carbocycles. The zero-order valence-corrected chi connectivity index (χ0v) is 11.7. The van der Waals surface area contributed by atoms with Gasteiger partial charge in [0.1, 0.15) is 0 Å². The van der Waals surface area contributed by atoms with E-state index in [4.69, 9.17) is 9.72 Å². The zero-order valence-electron chi connectivity index (χ0n) is 10.1. The number of hydrogen-bond donors (Lipinski definition) is 0. The predicted molar refractivity (Wildman–Crippen MR) is 74.8 cm³/mol. The molecule has 0 spiro atoms. The van der Waals surface area contributed by atoms with Crippen molar-refractivity contribution in [3.05, 3.63) is 41.6 Å². The van der Waals surface area contributed by atoms with E-state index >= 15 is 0 Å². The molecule has 17 heavy (non-hydrogen) atoms. The topological polar surface area (TPSA) is 22.1 Å². The summed E-state index contributed by atoms with van der Waals surface area (Å²) in [7, 11) is 1.72. The van der Waals surface area contributed by atoms with E-state index in [9.17, 15) is 0 Å². The van der Waals surface area contributed by atoms with Crippen molar-refractivity contribution in [1.29, 1.82) is 0 Å². The number of benzene rings is 1. The van der Waals surface area contributed by atoms with Crippen molar-refractivity contribution in [2.45, 2.75) is 18.2 Å². The molecular weight excluding hydrogens is 278 g/mol. The molecule has 3 heteroatoms. The smallest absolute Gasteiger partial charge is 0.0705 e. The maximum absolute atomic E-state index is 5.13. The first kappa shape index (κ1) is 12.5. The lowest BCUT2D eigenvalue weighted by Crippen LogP contribution is -2.12. The minimum Gasteiger partial charge on any atom is -0.384 e. The van der Waals surface area contributed by atoms with Gasteiger partial charge in [0.2, 0.25) is 0 Å². The third-order valence-electron chi connectivity index (χ3n) is 2.78. The van der Waals surface area contributed by atoms with Crippen LogP contribution in [0.15, 0.2) is 30.3 Å². The molecule has 2 aromatic rings. The van der Waals surface area contributed by atoms with E-state index in [1.807, 2.05) is 12.1 Å². The molecule has 0 aliphatic carbocycles. The molecule has 0 fully saturated rings. The van der Waals surface area contributed by atoms with Crippen LogP contribution in [0.3, 0.4) is 0 Å². The van der Waals surface area contributed by atoms with Gasteiger partial charge < -0.3 is 4.74 Å². The number of pyridine rings is 1. The first-order chi connectivity index (χ1) is 8.20. The molecule has 90 valence electrons. The molecule has 0 radical (unpaired) electrons. The second-order valence-corrected chi connectivity index (χ2v) is 5.50. The molecule has 0 aliphatic rings. The van der Waals surface area contributed by atoms with Crippen molar-refractivity contribution in [2.24, 2.45) is 0 Å². The van der Waals surface area contributed by atoms with Gasteiger partial charge in [0.25, 0.3) is 0 Å². The first-order valence-electron chi connectivity index (χ1n) is 5.69. The second kappa shape index (κ2) is 5.61. The van der Waals surface area contributed by atoms with E-state index in [0.717, 1.165) is 17.6 Å². The SMILES string of the molecule is COCC(Br)Cc1nc2ccccc2cc1C. The average Bonchev–Trinajstić information content (AvgIpc) is 2.30. The lowest BCUT2D eigenvalue weighted by Gasteiger charge is -2.11. The summed E-state index contributed by atoms with van der Waals surface area (Å²) in [6.45, 7) is 2.81. The van der Waals surface area contributed by atoms with Crippen LogP contribution in [0.1, 0.15) is 11.3 Å². The second-order valence-electron chi connectivity index (χ2n) is 4.20. The molecule has 0 saturated heterocycles.